The van der Waals surface area contributed by atoms with Crippen LogP contribution in [0.15, 0.2) is 24.3 Å². The fourth-order valence-electron chi connectivity index (χ4n) is 2.93. The molecule has 3 heteroatoms. The first kappa shape index (κ1) is 15.3. The Bertz CT molecular complexity index is 371. The van der Waals surface area contributed by atoms with E-state index < -0.39 is 0 Å². The highest BCUT2D eigenvalue weighted by atomic mass is 16.5. The van der Waals surface area contributed by atoms with E-state index >= 15 is 0 Å². The van der Waals surface area contributed by atoms with Crippen molar-refractivity contribution >= 4 is 0 Å². The van der Waals surface area contributed by atoms with Crippen molar-refractivity contribution in [2.45, 2.75) is 45.2 Å². The third-order valence-electron chi connectivity index (χ3n) is 4.00. The minimum atomic E-state index is 0.675. The number of nitrogens with zero attached hydrogens (tertiary/aromatic N) is 1. The van der Waals surface area contributed by atoms with Crippen LogP contribution in [0.25, 0.3) is 0 Å². The Morgan fingerprint density at radius 1 is 1.25 bits per heavy atom. The number of ether oxygens (including phenoxy) is 1. The highest BCUT2D eigenvalue weighted by molar-refractivity contribution is 5.27. The quantitative estimate of drug-likeness (QED) is 0.828. The standard InChI is InChI=1S/C17H28N2O/c1-3-12-19(14-16-6-4-5-11-18-16)13-15-7-9-17(20-2)10-8-15/h7-10,16,18H,3-6,11-14H2,1-2H3. The number of nitrogens with one attached hydrogen (secondary N) is 1. The van der Waals surface area contributed by atoms with Gasteiger partial charge in [-0.25, -0.2) is 0 Å². The van der Waals surface area contributed by atoms with Gasteiger partial charge >= 0.3 is 0 Å². The molecule has 20 heavy (non-hydrogen) atoms. The molecule has 0 radical (unpaired) electrons. The summed E-state index contributed by atoms with van der Waals surface area (Å²) < 4.78 is 5.22. The van der Waals surface area contributed by atoms with Gasteiger partial charge < -0.3 is 10.1 Å². The fraction of sp³-hybridized carbons (Fsp3) is 0.647. The monoisotopic (exact) mass is 276 g/mol. The number of hydrogen-bond donors (Lipinski definition) is 1. The van der Waals surface area contributed by atoms with Crippen molar-refractivity contribution in [3.05, 3.63) is 29.8 Å². The smallest absolute Gasteiger partial charge is 0.118 e. The van der Waals surface area contributed by atoms with Crippen molar-refractivity contribution in [3.63, 3.8) is 0 Å². The van der Waals surface area contributed by atoms with Crippen molar-refractivity contribution in [3.8, 4) is 5.75 Å². The molecule has 1 unspecified atom stereocenters. The van der Waals surface area contributed by atoms with Crippen LogP contribution in [-0.2, 0) is 6.54 Å². The van der Waals surface area contributed by atoms with Gasteiger partial charge in [-0.15, -0.1) is 0 Å². The summed E-state index contributed by atoms with van der Waals surface area (Å²) in [6, 6.07) is 9.14. The Balaban J connectivity index is 1.89. The second-order valence-electron chi connectivity index (χ2n) is 5.73. The van der Waals surface area contributed by atoms with E-state index in [-0.39, 0.29) is 0 Å². The van der Waals surface area contributed by atoms with Crippen LogP contribution >= 0.6 is 0 Å². The summed E-state index contributed by atoms with van der Waals surface area (Å²) in [6.07, 6.45) is 5.24. The van der Waals surface area contributed by atoms with Gasteiger partial charge in [0.1, 0.15) is 5.75 Å². The number of benzene rings is 1. The van der Waals surface area contributed by atoms with Gasteiger partial charge in [0.2, 0.25) is 0 Å². The normalized spacial score (nSPS) is 19.2. The lowest BCUT2D eigenvalue weighted by atomic mass is 10.0. The topological polar surface area (TPSA) is 24.5 Å². The molecule has 2 rings (SSSR count). The third kappa shape index (κ3) is 4.80. The molecule has 0 amide bonds. The molecule has 1 saturated heterocycles. The van der Waals surface area contributed by atoms with Gasteiger partial charge in [0, 0.05) is 19.1 Å². The zero-order chi connectivity index (χ0) is 14.2. The predicted octanol–water partition coefficient (Wildman–Crippen LogP) is 3.05. The van der Waals surface area contributed by atoms with Crippen LogP contribution in [0.4, 0.5) is 0 Å². The van der Waals surface area contributed by atoms with E-state index in [4.69, 9.17) is 4.74 Å². The summed E-state index contributed by atoms with van der Waals surface area (Å²) in [6.45, 7) is 6.82. The third-order valence-corrected chi connectivity index (χ3v) is 4.00. The van der Waals surface area contributed by atoms with E-state index in [2.05, 4.69) is 41.4 Å². The van der Waals surface area contributed by atoms with Crippen LogP contribution in [0, 0.1) is 0 Å². The van der Waals surface area contributed by atoms with E-state index in [0.717, 1.165) is 12.3 Å². The molecule has 1 aliphatic rings. The van der Waals surface area contributed by atoms with Gasteiger partial charge in [-0.2, -0.15) is 0 Å². The van der Waals surface area contributed by atoms with Crippen molar-refractivity contribution in [2.24, 2.45) is 0 Å². The second kappa shape index (κ2) is 8.28. The van der Waals surface area contributed by atoms with E-state index in [1.807, 2.05) is 0 Å². The molecule has 1 N–H and O–H groups in total. The molecule has 112 valence electrons. The molecular formula is C17H28N2O. The first-order valence-corrected chi connectivity index (χ1v) is 7.90. The molecule has 1 atom stereocenters. The summed E-state index contributed by atoms with van der Waals surface area (Å²) in [5, 5.41) is 3.65. The summed E-state index contributed by atoms with van der Waals surface area (Å²) in [5.41, 5.74) is 1.37. The number of methoxy groups -OCH3 is 1. The van der Waals surface area contributed by atoms with Gasteiger partial charge in [0.15, 0.2) is 0 Å². The summed E-state index contributed by atoms with van der Waals surface area (Å²) >= 11 is 0. The van der Waals surface area contributed by atoms with E-state index in [9.17, 15) is 0 Å². The van der Waals surface area contributed by atoms with Crippen LogP contribution in [0.3, 0.4) is 0 Å². The van der Waals surface area contributed by atoms with Gasteiger partial charge in [-0.05, 0) is 50.0 Å². The average molecular weight is 276 g/mol. The summed E-state index contributed by atoms with van der Waals surface area (Å²) in [5.74, 6) is 0.935. The lowest BCUT2D eigenvalue weighted by Gasteiger charge is -2.30. The Morgan fingerprint density at radius 3 is 2.65 bits per heavy atom. The van der Waals surface area contributed by atoms with Crippen molar-refractivity contribution < 1.29 is 4.74 Å². The van der Waals surface area contributed by atoms with Crippen molar-refractivity contribution in [2.75, 3.05) is 26.7 Å². The Hall–Kier alpha value is -1.06. The van der Waals surface area contributed by atoms with Crippen LogP contribution in [0.1, 0.15) is 38.2 Å². The molecule has 1 heterocycles. The molecule has 1 fully saturated rings. The van der Waals surface area contributed by atoms with Crippen LogP contribution in [-0.4, -0.2) is 37.7 Å². The van der Waals surface area contributed by atoms with Gasteiger partial charge in [0.25, 0.3) is 0 Å². The van der Waals surface area contributed by atoms with E-state index in [1.54, 1.807) is 7.11 Å². The number of rotatable bonds is 7. The maximum atomic E-state index is 5.22. The molecule has 3 nitrogen and oxygen atoms in total. The molecule has 0 bridgehead atoms. The highest BCUT2D eigenvalue weighted by Crippen LogP contribution is 2.15. The summed E-state index contributed by atoms with van der Waals surface area (Å²) in [7, 11) is 1.72. The minimum Gasteiger partial charge on any atom is -0.497 e. The van der Waals surface area contributed by atoms with Crippen LogP contribution < -0.4 is 10.1 Å². The first-order valence-electron chi connectivity index (χ1n) is 7.90. The van der Waals surface area contributed by atoms with Crippen LogP contribution in [0.2, 0.25) is 0 Å². The number of hydrogen-bond acceptors (Lipinski definition) is 3. The van der Waals surface area contributed by atoms with Crippen molar-refractivity contribution in [1.82, 2.24) is 10.2 Å². The van der Waals surface area contributed by atoms with Crippen LogP contribution in [0.5, 0.6) is 5.75 Å². The Morgan fingerprint density at radius 2 is 2.05 bits per heavy atom. The second-order valence-corrected chi connectivity index (χ2v) is 5.73. The predicted molar refractivity (Wildman–Crippen MR) is 84.2 cm³/mol. The molecule has 1 aromatic rings. The van der Waals surface area contributed by atoms with E-state index in [1.165, 1.54) is 50.9 Å². The van der Waals surface area contributed by atoms with Crippen molar-refractivity contribution in [1.29, 1.82) is 0 Å². The molecular weight excluding hydrogens is 248 g/mol. The highest BCUT2D eigenvalue weighted by Gasteiger charge is 2.16. The molecule has 0 aromatic heterocycles. The lowest BCUT2D eigenvalue weighted by molar-refractivity contribution is 0.217. The lowest BCUT2D eigenvalue weighted by Crippen LogP contribution is -2.43. The number of piperidine rings is 1. The SMILES string of the molecule is CCCN(Cc1ccc(OC)cc1)CC1CCCCN1. The zero-order valence-corrected chi connectivity index (χ0v) is 12.9. The molecule has 0 aliphatic carbocycles. The van der Waals surface area contributed by atoms with Gasteiger partial charge in [0.05, 0.1) is 7.11 Å². The maximum Gasteiger partial charge on any atom is 0.118 e. The summed E-state index contributed by atoms with van der Waals surface area (Å²) in [4.78, 5) is 2.57. The van der Waals surface area contributed by atoms with Gasteiger partial charge in [-0.3, -0.25) is 4.90 Å². The zero-order valence-electron chi connectivity index (χ0n) is 12.9. The molecule has 1 aromatic carbocycles. The van der Waals surface area contributed by atoms with E-state index in [0.29, 0.717) is 6.04 Å². The molecule has 1 aliphatic heterocycles. The fourth-order valence-corrected chi connectivity index (χ4v) is 2.93. The first-order chi connectivity index (χ1) is 9.81. The maximum absolute atomic E-state index is 5.22. The Kier molecular flexibility index (Phi) is 6.34. The Labute approximate surface area is 123 Å². The van der Waals surface area contributed by atoms with Gasteiger partial charge in [-0.1, -0.05) is 25.5 Å². The molecule has 0 saturated carbocycles. The minimum absolute atomic E-state index is 0.675. The largest absolute Gasteiger partial charge is 0.497 e. The average Bonchev–Trinajstić information content (AvgIpc) is 2.49. The molecule has 0 spiro atoms.